The molecule has 1 atom stereocenters. The van der Waals surface area contributed by atoms with Crippen molar-refractivity contribution < 1.29 is 9.90 Å². The molecule has 2 fully saturated rings. The standard InChI is InChI=1S/C16H30N2O2/c1-4-16(14(19)20,17-13-7-8-13)10-6-12-18-11-5-9-15(18,2)3/h13,17H,4-12H2,1-3H3,(H,19,20). The van der Waals surface area contributed by atoms with Crippen molar-refractivity contribution in [2.75, 3.05) is 13.1 Å². The van der Waals surface area contributed by atoms with Crippen LogP contribution >= 0.6 is 0 Å². The first-order valence-electron chi connectivity index (χ1n) is 8.16. The predicted molar refractivity (Wildman–Crippen MR) is 80.9 cm³/mol. The molecule has 2 rings (SSSR count). The number of carbonyl (C=O) groups is 1. The van der Waals surface area contributed by atoms with Gasteiger partial charge in [0.15, 0.2) is 0 Å². The van der Waals surface area contributed by atoms with Crippen LogP contribution in [0.3, 0.4) is 0 Å². The van der Waals surface area contributed by atoms with Crippen molar-refractivity contribution in [2.45, 2.75) is 82.8 Å². The van der Waals surface area contributed by atoms with Gasteiger partial charge < -0.3 is 5.11 Å². The molecule has 2 N–H and O–H groups in total. The number of carboxylic acid groups (broad SMARTS) is 1. The van der Waals surface area contributed by atoms with Gasteiger partial charge in [0.25, 0.3) is 0 Å². The summed E-state index contributed by atoms with van der Waals surface area (Å²) in [6, 6.07) is 0.439. The molecule has 1 saturated carbocycles. The third-order valence-corrected chi connectivity index (χ3v) is 5.17. The summed E-state index contributed by atoms with van der Waals surface area (Å²) in [6.45, 7) is 8.77. The van der Waals surface area contributed by atoms with Crippen LogP contribution in [0.25, 0.3) is 0 Å². The highest BCUT2D eigenvalue weighted by Crippen LogP contribution is 2.30. The van der Waals surface area contributed by atoms with Gasteiger partial charge in [-0.3, -0.25) is 15.0 Å². The lowest BCUT2D eigenvalue weighted by Crippen LogP contribution is -2.53. The van der Waals surface area contributed by atoms with E-state index >= 15 is 0 Å². The van der Waals surface area contributed by atoms with Crippen molar-refractivity contribution in [1.29, 1.82) is 0 Å². The molecule has 1 aliphatic heterocycles. The van der Waals surface area contributed by atoms with E-state index in [0.29, 0.717) is 18.0 Å². The first kappa shape index (κ1) is 15.8. The average molecular weight is 282 g/mol. The topological polar surface area (TPSA) is 52.6 Å². The van der Waals surface area contributed by atoms with E-state index in [2.05, 4.69) is 24.1 Å². The lowest BCUT2D eigenvalue weighted by molar-refractivity contribution is -0.145. The minimum Gasteiger partial charge on any atom is -0.480 e. The highest BCUT2D eigenvalue weighted by atomic mass is 16.4. The molecule has 0 amide bonds. The Bertz CT molecular complexity index is 352. The number of nitrogens with zero attached hydrogens (tertiary/aromatic N) is 1. The number of carboxylic acids is 1. The van der Waals surface area contributed by atoms with Crippen LogP contribution in [-0.2, 0) is 4.79 Å². The van der Waals surface area contributed by atoms with E-state index in [1.807, 2.05) is 6.92 Å². The van der Waals surface area contributed by atoms with Gasteiger partial charge in [0, 0.05) is 11.6 Å². The van der Waals surface area contributed by atoms with Gasteiger partial charge in [0.05, 0.1) is 0 Å². The molecule has 0 radical (unpaired) electrons. The Balaban J connectivity index is 1.86. The molecule has 1 aliphatic carbocycles. The third kappa shape index (κ3) is 3.53. The monoisotopic (exact) mass is 282 g/mol. The minimum absolute atomic E-state index is 0.294. The Morgan fingerprint density at radius 3 is 2.60 bits per heavy atom. The van der Waals surface area contributed by atoms with E-state index in [1.54, 1.807) is 0 Å². The Hall–Kier alpha value is -0.610. The molecule has 4 heteroatoms. The van der Waals surface area contributed by atoms with Gasteiger partial charge >= 0.3 is 5.97 Å². The molecular weight excluding hydrogens is 252 g/mol. The maximum atomic E-state index is 11.7. The van der Waals surface area contributed by atoms with Crippen molar-refractivity contribution in [2.24, 2.45) is 0 Å². The molecule has 0 aromatic rings. The van der Waals surface area contributed by atoms with Crippen LogP contribution in [-0.4, -0.2) is 46.2 Å². The van der Waals surface area contributed by atoms with Crippen molar-refractivity contribution >= 4 is 5.97 Å². The minimum atomic E-state index is -0.703. The summed E-state index contributed by atoms with van der Waals surface area (Å²) in [5.74, 6) is -0.674. The average Bonchev–Trinajstić information content (AvgIpc) is 3.12. The number of hydrogen-bond acceptors (Lipinski definition) is 3. The summed E-state index contributed by atoms with van der Waals surface area (Å²) in [6.07, 6.45) is 7.16. The van der Waals surface area contributed by atoms with Gasteiger partial charge in [0.2, 0.25) is 0 Å². The molecule has 0 spiro atoms. The molecule has 2 aliphatic rings. The van der Waals surface area contributed by atoms with Crippen LogP contribution in [0.4, 0.5) is 0 Å². The third-order valence-electron chi connectivity index (χ3n) is 5.17. The fourth-order valence-corrected chi connectivity index (χ4v) is 3.44. The summed E-state index contributed by atoms with van der Waals surface area (Å²) in [4.78, 5) is 14.2. The van der Waals surface area contributed by atoms with Crippen LogP contribution in [0.2, 0.25) is 0 Å². The molecule has 4 nitrogen and oxygen atoms in total. The summed E-state index contributed by atoms with van der Waals surface area (Å²) in [5, 5.41) is 13.0. The second kappa shape index (κ2) is 6.02. The second-order valence-corrected chi connectivity index (χ2v) is 7.17. The Kier molecular flexibility index (Phi) is 4.75. The van der Waals surface area contributed by atoms with Gasteiger partial charge in [-0.15, -0.1) is 0 Å². The van der Waals surface area contributed by atoms with Crippen molar-refractivity contribution in [3.63, 3.8) is 0 Å². The SMILES string of the molecule is CCC(CCCN1CCCC1(C)C)(NC1CC1)C(=O)O. The fraction of sp³-hybridized carbons (Fsp3) is 0.938. The Morgan fingerprint density at radius 1 is 1.45 bits per heavy atom. The van der Waals surface area contributed by atoms with E-state index in [1.165, 1.54) is 12.8 Å². The smallest absolute Gasteiger partial charge is 0.323 e. The number of hydrogen-bond donors (Lipinski definition) is 2. The van der Waals surface area contributed by atoms with Crippen LogP contribution in [0.5, 0.6) is 0 Å². The summed E-state index contributed by atoms with van der Waals surface area (Å²) in [5.41, 5.74) is -0.410. The largest absolute Gasteiger partial charge is 0.480 e. The molecule has 116 valence electrons. The first-order valence-corrected chi connectivity index (χ1v) is 8.16. The molecule has 0 aromatic heterocycles. The number of nitrogens with one attached hydrogen (secondary N) is 1. The van der Waals surface area contributed by atoms with Gasteiger partial charge in [-0.25, -0.2) is 0 Å². The normalized spacial score (nSPS) is 25.6. The molecule has 0 aromatic carbocycles. The van der Waals surface area contributed by atoms with E-state index in [0.717, 1.165) is 38.8 Å². The number of aliphatic carboxylic acids is 1. The van der Waals surface area contributed by atoms with Crippen molar-refractivity contribution in [3.05, 3.63) is 0 Å². The summed E-state index contributed by atoms with van der Waals surface area (Å²) in [7, 11) is 0. The molecule has 20 heavy (non-hydrogen) atoms. The number of rotatable bonds is 8. The van der Waals surface area contributed by atoms with Gasteiger partial charge in [-0.2, -0.15) is 0 Å². The van der Waals surface area contributed by atoms with Crippen molar-refractivity contribution in [1.82, 2.24) is 10.2 Å². The van der Waals surface area contributed by atoms with Crippen molar-refractivity contribution in [3.8, 4) is 0 Å². The second-order valence-electron chi connectivity index (χ2n) is 7.17. The van der Waals surface area contributed by atoms with Gasteiger partial charge in [-0.1, -0.05) is 6.92 Å². The van der Waals surface area contributed by atoms with E-state index in [9.17, 15) is 9.90 Å². The molecule has 1 unspecified atom stereocenters. The molecular formula is C16H30N2O2. The fourth-order valence-electron chi connectivity index (χ4n) is 3.44. The van der Waals surface area contributed by atoms with Gasteiger partial charge in [0.1, 0.15) is 5.54 Å². The van der Waals surface area contributed by atoms with Crippen LogP contribution in [0.15, 0.2) is 0 Å². The quantitative estimate of drug-likeness (QED) is 0.718. The lowest BCUT2D eigenvalue weighted by atomic mass is 9.89. The highest BCUT2D eigenvalue weighted by Gasteiger charge is 2.41. The van der Waals surface area contributed by atoms with Crippen LogP contribution in [0.1, 0.15) is 65.7 Å². The Labute approximate surface area is 122 Å². The zero-order valence-corrected chi connectivity index (χ0v) is 13.2. The van der Waals surface area contributed by atoms with E-state index in [4.69, 9.17) is 0 Å². The van der Waals surface area contributed by atoms with Crippen LogP contribution < -0.4 is 5.32 Å². The summed E-state index contributed by atoms with van der Waals surface area (Å²) < 4.78 is 0. The molecule has 1 saturated heterocycles. The van der Waals surface area contributed by atoms with E-state index < -0.39 is 11.5 Å². The lowest BCUT2D eigenvalue weighted by Gasteiger charge is -2.34. The maximum absolute atomic E-state index is 11.7. The van der Waals surface area contributed by atoms with Crippen LogP contribution in [0, 0.1) is 0 Å². The summed E-state index contributed by atoms with van der Waals surface area (Å²) >= 11 is 0. The highest BCUT2D eigenvalue weighted by molar-refractivity contribution is 5.78. The maximum Gasteiger partial charge on any atom is 0.323 e. The first-order chi connectivity index (χ1) is 9.39. The predicted octanol–water partition coefficient (Wildman–Crippen LogP) is 2.63. The van der Waals surface area contributed by atoms with Gasteiger partial charge in [-0.05, 0) is 71.9 Å². The zero-order chi connectivity index (χ0) is 14.8. The number of likely N-dealkylation sites (tertiary alicyclic amines) is 1. The molecule has 1 heterocycles. The van der Waals surface area contributed by atoms with E-state index in [-0.39, 0.29) is 0 Å². The molecule has 0 bridgehead atoms. The zero-order valence-electron chi connectivity index (χ0n) is 13.2. The Morgan fingerprint density at radius 2 is 2.15 bits per heavy atom.